The predicted molar refractivity (Wildman–Crippen MR) is 81.6 cm³/mol. The highest BCUT2D eigenvalue weighted by Gasteiger charge is 2.34. The molecule has 0 spiro atoms. The van der Waals surface area contributed by atoms with Gasteiger partial charge in [0.2, 0.25) is 0 Å². The molecule has 1 saturated heterocycles. The van der Waals surface area contributed by atoms with Gasteiger partial charge < -0.3 is 20.3 Å². The SMILES string of the molecule is CCOC(=O)C(C)(N)CC(C)N(C)C1CCN(C)CC1. The third-order valence-electron chi connectivity index (χ3n) is 4.42. The molecule has 2 N–H and O–H groups in total. The number of hydrogen-bond acceptors (Lipinski definition) is 5. The predicted octanol–water partition coefficient (Wildman–Crippen LogP) is 1.07. The Labute approximate surface area is 123 Å². The van der Waals surface area contributed by atoms with Crippen LogP contribution in [-0.2, 0) is 9.53 Å². The molecule has 0 aliphatic carbocycles. The van der Waals surface area contributed by atoms with Crippen molar-refractivity contribution in [1.82, 2.24) is 9.80 Å². The molecule has 5 nitrogen and oxygen atoms in total. The molecule has 20 heavy (non-hydrogen) atoms. The molecule has 0 aromatic carbocycles. The number of esters is 1. The molecule has 0 saturated carbocycles. The first-order valence-corrected chi connectivity index (χ1v) is 7.64. The molecule has 0 amide bonds. The van der Waals surface area contributed by atoms with E-state index >= 15 is 0 Å². The fourth-order valence-corrected chi connectivity index (χ4v) is 2.90. The highest BCUT2D eigenvalue weighted by Crippen LogP contribution is 2.21. The van der Waals surface area contributed by atoms with Crippen LogP contribution in [0.4, 0.5) is 0 Å². The molecule has 1 aliphatic rings. The summed E-state index contributed by atoms with van der Waals surface area (Å²) in [7, 11) is 4.30. The van der Waals surface area contributed by atoms with Crippen molar-refractivity contribution >= 4 is 5.97 Å². The lowest BCUT2D eigenvalue weighted by Crippen LogP contribution is -2.53. The minimum absolute atomic E-state index is 0.266. The quantitative estimate of drug-likeness (QED) is 0.740. The number of carbonyl (C=O) groups is 1. The van der Waals surface area contributed by atoms with Crippen molar-refractivity contribution in [2.24, 2.45) is 5.73 Å². The van der Waals surface area contributed by atoms with Crippen LogP contribution in [-0.4, -0.2) is 67.2 Å². The third-order valence-corrected chi connectivity index (χ3v) is 4.42. The van der Waals surface area contributed by atoms with Gasteiger partial charge in [0, 0.05) is 12.1 Å². The highest BCUT2D eigenvalue weighted by atomic mass is 16.5. The number of hydrogen-bond donors (Lipinski definition) is 1. The third kappa shape index (κ3) is 4.72. The van der Waals surface area contributed by atoms with Gasteiger partial charge in [0.15, 0.2) is 0 Å². The van der Waals surface area contributed by atoms with E-state index in [1.165, 1.54) is 12.8 Å². The van der Waals surface area contributed by atoms with E-state index in [-0.39, 0.29) is 12.0 Å². The second-order valence-corrected chi connectivity index (χ2v) is 6.39. The smallest absolute Gasteiger partial charge is 0.325 e. The molecule has 0 radical (unpaired) electrons. The fourth-order valence-electron chi connectivity index (χ4n) is 2.90. The zero-order chi connectivity index (χ0) is 15.3. The van der Waals surface area contributed by atoms with Gasteiger partial charge in [0.25, 0.3) is 0 Å². The van der Waals surface area contributed by atoms with Gasteiger partial charge >= 0.3 is 5.97 Å². The van der Waals surface area contributed by atoms with Crippen LogP contribution in [0.5, 0.6) is 0 Å². The largest absolute Gasteiger partial charge is 0.465 e. The van der Waals surface area contributed by atoms with E-state index in [1.54, 1.807) is 6.92 Å². The van der Waals surface area contributed by atoms with Gasteiger partial charge in [-0.25, -0.2) is 0 Å². The maximum Gasteiger partial charge on any atom is 0.325 e. The van der Waals surface area contributed by atoms with Crippen LogP contribution in [0.1, 0.15) is 40.0 Å². The number of carbonyl (C=O) groups excluding carboxylic acids is 1. The molecule has 2 unspecified atom stereocenters. The first-order valence-electron chi connectivity index (χ1n) is 7.64. The number of nitrogens with two attached hydrogens (primary N) is 1. The minimum atomic E-state index is -0.908. The number of ether oxygens (including phenoxy) is 1. The lowest BCUT2D eigenvalue weighted by atomic mass is 9.92. The summed E-state index contributed by atoms with van der Waals surface area (Å²) in [6.07, 6.45) is 2.98. The van der Waals surface area contributed by atoms with E-state index in [0.29, 0.717) is 19.1 Å². The van der Waals surface area contributed by atoms with Crippen molar-refractivity contribution in [3.05, 3.63) is 0 Å². The molecule has 1 fully saturated rings. The summed E-state index contributed by atoms with van der Waals surface area (Å²) in [5.41, 5.74) is 5.22. The van der Waals surface area contributed by atoms with Crippen LogP contribution in [0.3, 0.4) is 0 Å². The number of rotatable bonds is 6. The molecular formula is C15H31N3O2. The molecule has 0 aromatic heterocycles. The summed E-state index contributed by atoms with van der Waals surface area (Å²) in [5, 5.41) is 0. The van der Waals surface area contributed by atoms with Crippen molar-refractivity contribution < 1.29 is 9.53 Å². The van der Waals surface area contributed by atoms with E-state index in [1.807, 2.05) is 6.92 Å². The summed E-state index contributed by atoms with van der Waals surface area (Å²) >= 11 is 0. The van der Waals surface area contributed by atoms with Crippen molar-refractivity contribution in [1.29, 1.82) is 0 Å². The lowest BCUT2D eigenvalue weighted by molar-refractivity contribution is -0.149. The summed E-state index contributed by atoms with van der Waals surface area (Å²) < 4.78 is 5.06. The zero-order valence-corrected chi connectivity index (χ0v) is 13.7. The summed E-state index contributed by atoms with van der Waals surface area (Å²) in [6.45, 7) is 8.37. The zero-order valence-electron chi connectivity index (χ0n) is 13.7. The Hall–Kier alpha value is -0.650. The normalized spacial score (nSPS) is 22.6. The molecule has 0 bridgehead atoms. The van der Waals surface area contributed by atoms with Gasteiger partial charge in [-0.15, -0.1) is 0 Å². The molecule has 5 heteroatoms. The molecule has 1 aliphatic heterocycles. The average Bonchev–Trinajstić information content (AvgIpc) is 2.38. The summed E-state index contributed by atoms with van der Waals surface area (Å²) in [6, 6.07) is 0.849. The van der Waals surface area contributed by atoms with Crippen LogP contribution in [0.15, 0.2) is 0 Å². The van der Waals surface area contributed by atoms with Crippen LogP contribution in [0, 0.1) is 0 Å². The average molecular weight is 285 g/mol. The van der Waals surface area contributed by atoms with Gasteiger partial charge in [-0.05, 0) is 67.2 Å². The van der Waals surface area contributed by atoms with Gasteiger partial charge in [0.05, 0.1) is 6.61 Å². The number of nitrogens with zero attached hydrogens (tertiary/aromatic N) is 2. The van der Waals surface area contributed by atoms with Crippen molar-refractivity contribution in [2.45, 2.75) is 57.7 Å². The Bertz CT molecular complexity index is 312. The maximum atomic E-state index is 11.9. The van der Waals surface area contributed by atoms with E-state index in [9.17, 15) is 4.79 Å². The number of piperidine rings is 1. The Morgan fingerprint density at radius 3 is 2.55 bits per heavy atom. The topological polar surface area (TPSA) is 58.8 Å². The Morgan fingerprint density at radius 2 is 2.05 bits per heavy atom. The molecule has 1 rings (SSSR count). The second-order valence-electron chi connectivity index (χ2n) is 6.39. The van der Waals surface area contributed by atoms with Crippen LogP contribution in [0.2, 0.25) is 0 Å². The standard InChI is InChI=1S/C15H31N3O2/c1-6-20-14(19)15(3,16)11-12(2)18(5)13-7-9-17(4)10-8-13/h12-13H,6-11,16H2,1-5H3. The van der Waals surface area contributed by atoms with E-state index < -0.39 is 5.54 Å². The number of likely N-dealkylation sites (tertiary alicyclic amines) is 1. The monoisotopic (exact) mass is 285 g/mol. The Balaban J connectivity index is 2.52. The van der Waals surface area contributed by atoms with Crippen molar-refractivity contribution in [3.8, 4) is 0 Å². The van der Waals surface area contributed by atoms with Crippen molar-refractivity contribution in [2.75, 3.05) is 33.8 Å². The van der Waals surface area contributed by atoms with Gasteiger partial charge in [0.1, 0.15) is 5.54 Å². The minimum Gasteiger partial charge on any atom is -0.465 e. The van der Waals surface area contributed by atoms with Crippen LogP contribution in [0.25, 0.3) is 0 Å². The molecule has 1 heterocycles. The first-order chi connectivity index (χ1) is 9.27. The van der Waals surface area contributed by atoms with Crippen LogP contribution >= 0.6 is 0 Å². The van der Waals surface area contributed by atoms with Gasteiger partial charge in [-0.3, -0.25) is 4.79 Å². The molecule has 2 atom stereocenters. The van der Waals surface area contributed by atoms with Gasteiger partial charge in [-0.2, -0.15) is 0 Å². The van der Waals surface area contributed by atoms with E-state index in [2.05, 4.69) is 30.8 Å². The molecular weight excluding hydrogens is 254 g/mol. The summed E-state index contributed by atoms with van der Waals surface area (Å²) in [5.74, 6) is -0.302. The van der Waals surface area contributed by atoms with Crippen molar-refractivity contribution in [3.63, 3.8) is 0 Å². The molecule has 118 valence electrons. The Morgan fingerprint density at radius 1 is 1.50 bits per heavy atom. The summed E-state index contributed by atoms with van der Waals surface area (Å²) in [4.78, 5) is 16.6. The van der Waals surface area contributed by atoms with E-state index in [4.69, 9.17) is 10.5 Å². The van der Waals surface area contributed by atoms with Crippen LogP contribution < -0.4 is 5.73 Å². The second kappa shape index (κ2) is 7.38. The highest BCUT2D eigenvalue weighted by molar-refractivity contribution is 5.80. The first kappa shape index (κ1) is 17.4. The Kier molecular flexibility index (Phi) is 6.43. The lowest BCUT2D eigenvalue weighted by Gasteiger charge is -2.40. The fraction of sp³-hybridized carbons (Fsp3) is 0.933. The molecule has 0 aromatic rings. The van der Waals surface area contributed by atoms with E-state index in [0.717, 1.165) is 13.1 Å². The maximum absolute atomic E-state index is 11.9. The van der Waals surface area contributed by atoms with Gasteiger partial charge in [-0.1, -0.05) is 0 Å².